The SMILES string of the molecule is Cc1nccn1CC(=O)Nc1cc2nc(-c3cccnc3)ccc2cn1. The number of hydrogen-bond acceptors (Lipinski definition) is 5. The van der Waals surface area contributed by atoms with E-state index in [-0.39, 0.29) is 12.5 Å². The van der Waals surface area contributed by atoms with Crippen molar-refractivity contribution >= 4 is 22.6 Å². The molecule has 0 unspecified atom stereocenters. The lowest BCUT2D eigenvalue weighted by Gasteiger charge is -2.08. The molecule has 0 radical (unpaired) electrons. The quantitative estimate of drug-likeness (QED) is 0.615. The Kier molecular flexibility index (Phi) is 4.10. The number of amides is 1. The molecule has 1 N–H and O–H groups in total. The number of aryl methyl sites for hydroxylation is 1. The molecule has 26 heavy (non-hydrogen) atoms. The molecule has 0 aliphatic carbocycles. The van der Waals surface area contributed by atoms with Crippen molar-refractivity contribution in [2.75, 3.05) is 5.32 Å². The van der Waals surface area contributed by atoms with Crippen molar-refractivity contribution in [1.82, 2.24) is 24.5 Å². The van der Waals surface area contributed by atoms with Gasteiger partial charge in [0, 0.05) is 48.0 Å². The predicted molar refractivity (Wildman–Crippen MR) is 98.4 cm³/mol. The third kappa shape index (κ3) is 3.27. The van der Waals surface area contributed by atoms with Gasteiger partial charge in [0.2, 0.25) is 5.91 Å². The van der Waals surface area contributed by atoms with Crippen LogP contribution in [0.5, 0.6) is 0 Å². The van der Waals surface area contributed by atoms with Gasteiger partial charge >= 0.3 is 0 Å². The average Bonchev–Trinajstić information content (AvgIpc) is 3.06. The van der Waals surface area contributed by atoms with Gasteiger partial charge in [-0.15, -0.1) is 0 Å². The minimum Gasteiger partial charge on any atom is -0.326 e. The normalized spacial score (nSPS) is 10.8. The summed E-state index contributed by atoms with van der Waals surface area (Å²) in [6.45, 7) is 2.04. The van der Waals surface area contributed by atoms with Crippen LogP contribution >= 0.6 is 0 Å². The fourth-order valence-electron chi connectivity index (χ4n) is 2.67. The van der Waals surface area contributed by atoms with Crippen LogP contribution in [-0.2, 0) is 11.3 Å². The second-order valence-corrected chi connectivity index (χ2v) is 5.85. The van der Waals surface area contributed by atoms with E-state index >= 15 is 0 Å². The molecule has 1 amide bonds. The molecule has 0 aromatic carbocycles. The molecule has 128 valence electrons. The number of anilines is 1. The first kappa shape index (κ1) is 15.9. The lowest BCUT2D eigenvalue weighted by molar-refractivity contribution is -0.116. The minimum absolute atomic E-state index is 0.165. The van der Waals surface area contributed by atoms with Crippen LogP contribution in [0.15, 0.2) is 61.3 Å². The molecular weight excluding hydrogens is 328 g/mol. The first-order valence-electron chi connectivity index (χ1n) is 8.14. The van der Waals surface area contributed by atoms with E-state index in [1.807, 2.05) is 31.2 Å². The molecule has 0 fully saturated rings. The molecule has 4 aromatic heterocycles. The van der Waals surface area contributed by atoms with Crippen molar-refractivity contribution in [2.45, 2.75) is 13.5 Å². The van der Waals surface area contributed by atoms with Gasteiger partial charge in [-0.05, 0) is 31.2 Å². The lowest BCUT2D eigenvalue weighted by Crippen LogP contribution is -2.19. The van der Waals surface area contributed by atoms with Gasteiger partial charge in [-0.3, -0.25) is 9.78 Å². The predicted octanol–water partition coefficient (Wildman–Crippen LogP) is 2.84. The highest BCUT2D eigenvalue weighted by Gasteiger charge is 2.08. The highest BCUT2D eigenvalue weighted by Crippen LogP contribution is 2.21. The van der Waals surface area contributed by atoms with E-state index in [0.29, 0.717) is 5.82 Å². The Hall–Kier alpha value is -3.61. The average molecular weight is 344 g/mol. The summed E-state index contributed by atoms with van der Waals surface area (Å²) in [7, 11) is 0. The number of imidazole rings is 1. The highest BCUT2D eigenvalue weighted by atomic mass is 16.2. The number of rotatable bonds is 4. The Morgan fingerprint density at radius 2 is 2.08 bits per heavy atom. The standard InChI is InChI=1S/C19H16N6O/c1-13-21-7-8-25(13)12-19(26)24-18-9-17-15(11-22-18)4-5-16(23-17)14-3-2-6-20-10-14/h2-11H,12H2,1H3,(H,22,24,26). The van der Waals surface area contributed by atoms with Crippen LogP contribution in [0.3, 0.4) is 0 Å². The monoisotopic (exact) mass is 344 g/mol. The zero-order valence-corrected chi connectivity index (χ0v) is 14.1. The number of hydrogen-bond donors (Lipinski definition) is 1. The van der Waals surface area contributed by atoms with Crippen molar-refractivity contribution in [2.24, 2.45) is 0 Å². The van der Waals surface area contributed by atoms with Crippen molar-refractivity contribution in [1.29, 1.82) is 0 Å². The zero-order valence-electron chi connectivity index (χ0n) is 14.1. The maximum atomic E-state index is 12.2. The van der Waals surface area contributed by atoms with E-state index in [4.69, 9.17) is 0 Å². The highest BCUT2D eigenvalue weighted by molar-refractivity contribution is 5.92. The number of carbonyl (C=O) groups excluding carboxylic acids is 1. The van der Waals surface area contributed by atoms with Crippen LogP contribution in [0.25, 0.3) is 22.2 Å². The van der Waals surface area contributed by atoms with Crippen LogP contribution in [-0.4, -0.2) is 30.4 Å². The molecule has 0 saturated carbocycles. The second-order valence-electron chi connectivity index (χ2n) is 5.85. The summed E-state index contributed by atoms with van der Waals surface area (Å²) in [5.74, 6) is 1.09. The molecule has 0 aliphatic heterocycles. The van der Waals surface area contributed by atoms with Crippen LogP contribution in [0, 0.1) is 6.92 Å². The first-order valence-corrected chi connectivity index (χ1v) is 8.14. The molecule has 0 spiro atoms. The van der Waals surface area contributed by atoms with E-state index in [1.54, 1.807) is 41.6 Å². The van der Waals surface area contributed by atoms with Gasteiger partial charge in [-0.1, -0.05) is 0 Å². The topological polar surface area (TPSA) is 85.6 Å². The van der Waals surface area contributed by atoms with Crippen molar-refractivity contribution in [3.05, 3.63) is 67.1 Å². The molecule has 4 rings (SSSR count). The van der Waals surface area contributed by atoms with Gasteiger partial charge in [-0.2, -0.15) is 0 Å². The van der Waals surface area contributed by atoms with Gasteiger partial charge in [0.25, 0.3) is 0 Å². The van der Waals surface area contributed by atoms with Crippen molar-refractivity contribution in [3.63, 3.8) is 0 Å². The van der Waals surface area contributed by atoms with E-state index in [9.17, 15) is 4.79 Å². The number of fused-ring (bicyclic) bond motifs is 1. The van der Waals surface area contributed by atoms with E-state index in [2.05, 4.69) is 25.3 Å². The van der Waals surface area contributed by atoms with Gasteiger partial charge in [0.1, 0.15) is 18.2 Å². The number of nitrogens with zero attached hydrogens (tertiary/aromatic N) is 5. The molecule has 7 nitrogen and oxygen atoms in total. The summed E-state index contributed by atoms with van der Waals surface area (Å²) in [4.78, 5) is 29.4. The molecule has 0 atom stereocenters. The van der Waals surface area contributed by atoms with Gasteiger partial charge in [0.05, 0.1) is 11.2 Å². The molecular formula is C19H16N6O. The summed E-state index contributed by atoms with van der Waals surface area (Å²) in [6.07, 6.45) is 8.63. The molecule has 4 heterocycles. The summed E-state index contributed by atoms with van der Waals surface area (Å²) in [5.41, 5.74) is 2.52. The maximum Gasteiger partial charge on any atom is 0.245 e. The fourth-order valence-corrected chi connectivity index (χ4v) is 2.67. The number of aromatic nitrogens is 5. The first-order chi connectivity index (χ1) is 12.7. The Bertz CT molecular complexity index is 1070. The molecule has 7 heteroatoms. The molecule has 4 aromatic rings. The van der Waals surface area contributed by atoms with E-state index in [0.717, 1.165) is 28.0 Å². The van der Waals surface area contributed by atoms with Crippen LogP contribution in [0.2, 0.25) is 0 Å². The third-order valence-corrected chi connectivity index (χ3v) is 4.04. The summed E-state index contributed by atoms with van der Waals surface area (Å²) in [5, 5.41) is 3.71. The molecule has 0 bridgehead atoms. The van der Waals surface area contributed by atoms with Crippen LogP contribution in [0.1, 0.15) is 5.82 Å². The summed E-state index contributed by atoms with van der Waals surface area (Å²) < 4.78 is 1.77. The minimum atomic E-state index is -0.165. The molecule has 0 aliphatic rings. The van der Waals surface area contributed by atoms with E-state index in [1.165, 1.54) is 0 Å². The Morgan fingerprint density at radius 1 is 1.15 bits per heavy atom. The number of pyridine rings is 3. The second kappa shape index (κ2) is 6.72. The summed E-state index contributed by atoms with van der Waals surface area (Å²) >= 11 is 0. The smallest absolute Gasteiger partial charge is 0.245 e. The lowest BCUT2D eigenvalue weighted by atomic mass is 10.1. The fraction of sp³-hybridized carbons (Fsp3) is 0.105. The van der Waals surface area contributed by atoms with Gasteiger partial charge in [0.15, 0.2) is 0 Å². The number of nitrogens with one attached hydrogen (secondary N) is 1. The zero-order chi connectivity index (χ0) is 17.9. The van der Waals surface area contributed by atoms with Crippen molar-refractivity contribution < 1.29 is 4.79 Å². The van der Waals surface area contributed by atoms with Crippen LogP contribution in [0.4, 0.5) is 5.82 Å². The van der Waals surface area contributed by atoms with Gasteiger partial charge in [-0.25, -0.2) is 15.0 Å². The largest absolute Gasteiger partial charge is 0.326 e. The Labute approximate surface area is 149 Å². The van der Waals surface area contributed by atoms with Crippen LogP contribution < -0.4 is 5.32 Å². The number of carbonyl (C=O) groups is 1. The van der Waals surface area contributed by atoms with Gasteiger partial charge < -0.3 is 9.88 Å². The maximum absolute atomic E-state index is 12.2. The van der Waals surface area contributed by atoms with Crippen molar-refractivity contribution in [3.8, 4) is 11.3 Å². The Balaban J connectivity index is 1.58. The third-order valence-electron chi connectivity index (χ3n) is 4.04. The van der Waals surface area contributed by atoms with E-state index < -0.39 is 0 Å². The molecule has 0 saturated heterocycles. The Morgan fingerprint density at radius 3 is 2.85 bits per heavy atom. The summed E-state index contributed by atoms with van der Waals surface area (Å²) in [6, 6.07) is 9.49.